The Bertz CT molecular complexity index is 1590. The molecule has 1 saturated heterocycles. The third kappa shape index (κ3) is 4.38. The van der Waals surface area contributed by atoms with Gasteiger partial charge in [-0.2, -0.15) is 0 Å². The summed E-state index contributed by atoms with van der Waals surface area (Å²) in [5.74, 6) is -1.13. The van der Waals surface area contributed by atoms with E-state index >= 15 is 0 Å². The Morgan fingerprint density at radius 2 is 1.89 bits per heavy atom. The van der Waals surface area contributed by atoms with E-state index in [2.05, 4.69) is 19.9 Å². The van der Waals surface area contributed by atoms with Crippen molar-refractivity contribution in [1.82, 2.24) is 4.98 Å². The zero-order valence-corrected chi connectivity index (χ0v) is 22.4. The molecule has 37 heavy (non-hydrogen) atoms. The largest absolute Gasteiger partial charge is 0.507 e. The summed E-state index contributed by atoms with van der Waals surface area (Å²) in [5.41, 5.74) is 3.88. The van der Waals surface area contributed by atoms with Crippen molar-refractivity contribution >= 4 is 55.7 Å². The maximum absolute atomic E-state index is 13.5. The molecule has 6 nitrogen and oxygen atoms in total. The van der Waals surface area contributed by atoms with E-state index in [1.807, 2.05) is 43.3 Å². The first-order valence-electron chi connectivity index (χ1n) is 11.8. The van der Waals surface area contributed by atoms with Gasteiger partial charge in [-0.05, 0) is 54.3 Å². The van der Waals surface area contributed by atoms with E-state index < -0.39 is 17.7 Å². The number of Topliss-reactive ketones (excluding diaryl/α,β-unsaturated/α-hetero) is 1. The molecule has 1 aliphatic heterocycles. The third-order valence-corrected chi connectivity index (χ3v) is 7.83. The molecule has 2 heterocycles. The molecule has 3 aromatic carbocycles. The average molecular weight is 533 g/mol. The number of halogens is 1. The number of anilines is 1. The van der Waals surface area contributed by atoms with Crippen LogP contribution in [-0.2, 0) is 9.59 Å². The van der Waals surface area contributed by atoms with Gasteiger partial charge in [0.25, 0.3) is 5.78 Å². The monoisotopic (exact) mass is 532 g/mol. The van der Waals surface area contributed by atoms with Crippen molar-refractivity contribution < 1.29 is 19.4 Å². The van der Waals surface area contributed by atoms with Gasteiger partial charge in [0.2, 0.25) is 0 Å². The lowest BCUT2D eigenvalue weighted by Crippen LogP contribution is -2.29. The second-order valence-corrected chi connectivity index (χ2v) is 10.7. The lowest BCUT2D eigenvalue weighted by molar-refractivity contribution is -0.132. The number of aliphatic hydroxyl groups excluding tert-OH is 1. The molecule has 0 radical (unpaired) electrons. The summed E-state index contributed by atoms with van der Waals surface area (Å²) in [6.07, 6.45) is 0. The quantitative estimate of drug-likeness (QED) is 0.170. The fourth-order valence-electron chi connectivity index (χ4n) is 4.54. The second kappa shape index (κ2) is 9.65. The van der Waals surface area contributed by atoms with Crippen LogP contribution in [0.4, 0.5) is 5.13 Å². The number of aryl methyl sites for hydroxylation is 1. The number of amides is 1. The van der Waals surface area contributed by atoms with Crippen LogP contribution in [0.25, 0.3) is 16.0 Å². The lowest BCUT2D eigenvalue weighted by Gasteiger charge is -2.23. The summed E-state index contributed by atoms with van der Waals surface area (Å²) in [4.78, 5) is 33.1. The molecular weight excluding hydrogens is 508 g/mol. The highest BCUT2D eigenvalue weighted by molar-refractivity contribution is 7.22. The molecule has 1 atom stereocenters. The van der Waals surface area contributed by atoms with Crippen LogP contribution in [0, 0.1) is 6.92 Å². The SMILES string of the molecule is COc1cc(/C(O)=C2\C(=O)C(=O)N(c3nc4ccc(C(C)C)cc4s3)C2c2cccc(C)c2)ccc1Cl. The predicted molar refractivity (Wildman–Crippen MR) is 148 cm³/mol. The Hall–Kier alpha value is -3.68. The van der Waals surface area contributed by atoms with Crippen molar-refractivity contribution in [2.45, 2.75) is 32.7 Å². The molecule has 0 saturated carbocycles. The first-order valence-corrected chi connectivity index (χ1v) is 13.0. The van der Waals surface area contributed by atoms with Crippen molar-refractivity contribution in [3.8, 4) is 5.75 Å². The van der Waals surface area contributed by atoms with Crippen LogP contribution in [0.1, 0.15) is 48.1 Å². The van der Waals surface area contributed by atoms with Crippen LogP contribution in [0.15, 0.2) is 66.2 Å². The number of hydrogen-bond donors (Lipinski definition) is 1. The maximum Gasteiger partial charge on any atom is 0.301 e. The molecule has 0 aliphatic carbocycles. The van der Waals surface area contributed by atoms with E-state index in [0.29, 0.717) is 32.9 Å². The number of thiazole rings is 1. The Morgan fingerprint density at radius 1 is 1.11 bits per heavy atom. The Labute approximate surface area is 223 Å². The van der Waals surface area contributed by atoms with E-state index in [1.165, 1.54) is 23.3 Å². The summed E-state index contributed by atoms with van der Waals surface area (Å²) in [6, 6.07) is 17.4. The van der Waals surface area contributed by atoms with Crippen molar-refractivity contribution in [2.24, 2.45) is 0 Å². The van der Waals surface area contributed by atoms with Gasteiger partial charge in [0.15, 0.2) is 5.13 Å². The van der Waals surface area contributed by atoms with Crippen LogP contribution in [0.2, 0.25) is 5.02 Å². The van der Waals surface area contributed by atoms with Crippen molar-refractivity contribution in [3.05, 3.63) is 93.5 Å². The highest BCUT2D eigenvalue weighted by Crippen LogP contribution is 2.45. The van der Waals surface area contributed by atoms with Gasteiger partial charge >= 0.3 is 5.91 Å². The molecule has 1 aromatic heterocycles. The molecule has 8 heteroatoms. The molecule has 0 bridgehead atoms. The summed E-state index contributed by atoms with van der Waals surface area (Å²) >= 11 is 7.52. The molecule has 1 fully saturated rings. The van der Waals surface area contributed by atoms with Crippen molar-refractivity contribution in [2.75, 3.05) is 12.0 Å². The number of hydrogen-bond acceptors (Lipinski definition) is 6. The van der Waals surface area contributed by atoms with E-state index in [-0.39, 0.29) is 11.3 Å². The van der Waals surface area contributed by atoms with Gasteiger partial charge in [-0.25, -0.2) is 4.98 Å². The molecule has 1 unspecified atom stereocenters. The second-order valence-electron chi connectivity index (χ2n) is 9.31. The van der Waals surface area contributed by atoms with Gasteiger partial charge in [-0.15, -0.1) is 0 Å². The molecule has 188 valence electrons. The zero-order chi connectivity index (χ0) is 26.4. The van der Waals surface area contributed by atoms with E-state index in [1.54, 1.807) is 18.2 Å². The Kier molecular flexibility index (Phi) is 6.52. The summed E-state index contributed by atoms with van der Waals surface area (Å²) in [6.45, 7) is 6.17. The predicted octanol–water partition coefficient (Wildman–Crippen LogP) is 7.02. The number of methoxy groups -OCH3 is 1. The van der Waals surface area contributed by atoms with E-state index in [9.17, 15) is 14.7 Å². The lowest BCUT2D eigenvalue weighted by atomic mass is 9.94. The number of carbonyl (C=O) groups is 2. The number of rotatable bonds is 5. The summed E-state index contributed by atoms with van der Waals surface area (Å²) in [7, 11) is 1.47. The van der Waals surface area contributed by atoms with Crippen LogP contribution in [0.3, 0.4) is 0 Å². The smallest absolute Gasteiger partial charge is 0.301 e. The Balaban J connectivity index is 1.72. The molecule has 1 aliphatic rings. The topological polar surface area (TPSA) is 79.7 Å². The van der Waals surface area contributed by atoms with Gasteiger partial charge in [0, 0.05) is 5.56 Å². The minimum Gasteiger partial charge on any atom is -0.507 e. The number of fused-ring (bicyclic) bond motifs is 1. The first kappa shape index (κ1) is 25.0. The standard InChI is InChI=1S/C29H25ClN2O4S/c1-15(2)17-9-11-21-23(14-17)37-29(31-21)32-25(18-7-5-6-16(3)12-18)24(27(34)28(32)35)26(33)19-8-10-20(30)22(13-19)36-4/h5-15,25,33H,1-4H3/b26-24+. The number of nitrogens with zero attached hydrogens (tertiary/aromatic N) is 2. The van der Waals surface area contributed by atoms with Crippen LogP contribution in [0.5, 0.6) is 5.75 Å². The maximum atomic E-state index is 13.5. The summed E-state index contributed by atoms with van der Waals surface area (Å²) < 4.78 is 6.21. The van der Waals surface area contributed by atoms with Crippen molar-refractivity contribution in [3.63, 3.8) is 0 Å². The normalized spacial score (nSPS) is 17.2. The highest BCUT2D eigenvalue weighted by Gasteiger charge is 2.48. The van der Waals surface area contributed by atoms with Gasteiger partial charge in [0.05, 0.1) is 34.0 Å². The average Bonchev–Trinajstić information content (AvgIpc) is 3.41. The van der Waals surface area contributed by atoms with Crippen LogP contribution < -0.4 is 9.64 Å². The van der Waals surface area contributed by atoms with Gasteiger partial charge < -0.3 is 9.84 Å². The number of ketones is 1. The van der Waals surface area contributed by atoms with Crippen LogP contribution >= 0.6 is 22.9 Å². The third-order valence-electron chi connectivity index (χ3n) is 6.50. The summed E-state index contributed by atoms with van der Waals surface area (Å²) in [5, 5.41) is 12.2. The van der Waals surface area contributed by atoms with Gasteiger partial charge in [0.1, 0.15) is 11.5 Å². The fraction of sp³-hybridized carbons (Fsp3) is 0.207. The molecular formula is C29H25ClN2O4S. The van der Waals surface area contributed by atoms with E-state index in [0.717, 1.165) is 21.3 Å². The number of ether oxygens (including phenoxy) is 1. The molecule has 0 spiro atoms. The van der Waals surface area contributed by atoms with E-state index in [4.69, 9.17) is 21.3 Å². The fourth-order valence-corrected chi connectivity index (χ4v) is 5.77. The molecule has 5 rings (SSSR count). The van der Waals surface area contributed by atoms with Gasteiger partial charge in [-0.1, -0.05) is 72.7 Å². The first-order chi connectivity index (χ1) is 17.7. The number of carbonyl (C=O) groups excluding carboxylic acids is 2. The minimum absolute atomic E-state index is 0.0119. The number of aliphatic hydroxyl groups is 1. The minimum atomic E-state index is -0.855. The van der Waals surface area contributed by atoms with Crippen LogP contribution in [-0.4, -0.2) is 28.9 Å². The molecule has 4 aromatic rings. The number of benzene rings is 3. The Morgan fingerprint density at radius 3 is 2.59 bits per heavy atom. The highest BCUT2D eigenvalue weighted by atomic mass is 35.5. The molecule has 1 N–H and O–H groups in total. The van der Waals surface area contributed by atoms with Crippen molar-refractivity contribution in [1.29, 1.82) is 0 Å². The molecule has 1 amide bonds. The zero-order valence-electron chi connectivity index (χ0n) is 20.8. The van der Waals surface area contributed by atoms with Gasteiger partial charge in [-0.3, -0.25) is 14.5 Å². The number of aromatic nitrogens is 1.